The fourth-order valence-electron chi connectivity index (χ4n) is 1.63. The maximum Gasteiger partial charge on any atom is 0.509 e. The minimum absolute atomic E-state index is 0.232. The molecule has 1 aromatic carbocycles. The molecule has 1 rings (SSSR count). The van der Waals surface area contributed by atoms with E-state index in [1.165, 1.54) is 0 Å². The van der Waals surface area contributed by atoms with Gasteiger partial charge in [-0.15, -0.1) is 0 Å². The van der Waals surface area contributed by atoms with Gasteiger partial charge in [-0.2, -0.15) is 0 Å². The molecular weight excluding hydrogens is 308 g/mol. The quantitative estimate of drug-likeness (QED) is 0.684. The average molecular weight is 329 g/mol. The summed E-state index contributed by atoms with van der Waals surface area (Å²) in [6.07, 6.45) is 2.36. The zero-order chi connectivity index (χ0) is 14.3. The van der Waals surface area contributed by atoms with E-state index in [-0.39, 0.29) is 6.61 Å². The van der Waals surface area contributed by atoms with E-state index >= 15 is 0 Å². The normalized spacial score (nSPS) is 11.2. The molecule has 0 radical (unpaired) electrons. The number of hydrogen-bond donors (Lipinski definition) is 0. The van der Waals surface area contributed by atoms with Crippen LogP contribution in [0.5, 0.6) is 0 Å². The topological polar surface area (TPSA) is 35.5 Å². The van der Waals surface area contributed by atoms with E-state index < -0.39 is 11.8 Å². The Hall–Kier alpha value is -1.03. The van der Waals surface area contributed by atoms with Crippen LogP contribution >= 0.6 is 15.9 Å². The van der Waals surface area contributed by atoms with Gasteiger partial charge in [0.25, 0.3) is 0 Å². The third-order valence-electron chi connectivity index (χ3n) is 2.76. The molecule has 0 saturated heterocycles. The van der Waals surface area contributed by atoms with Gasteiger partial charge in [0.1, 0.15) is 12.2 Å². The van der Waals surface area contributed by atoms with Gasteiger partial charge in [-0.25, -0.2) is 4.79 Å². The molecule has 0 aliphatic heterocycles. The Bertz CT molecular complexity index is 398. The number of carbonyl (C=O) groups is 1. The molecule has 4 heteroatoms. The Kier molecular flexibility index (Phi) is 6.35. The van der Waals surface area contributed by atoms with E-state index in [4.69, 9.17) is 9.47 Å². The molecule has 0 aliphatic carbocycles. The first-order chi connectivity index (χ1) is 8.93. The molecule has 0 unspecified atom stereocenters. The van der Waals surface area contributed by atoms with E-state index in [1.54, 1.807) is 0 Å². The number of ether oxygens (including phenoxy) is 2. The molecule has 19 heavy (non-hydrogen) atoms. The van der Waals surface area contributed by atoms with Crippen molar-refractivity contribution in [1.82, 2.24) is 0 Å². The lowest BCUT2D eigenvalue weighted by Crippen LogP contribution is -2.28. The molecule has 0 amide bonds. The van der Waals surface area contributed by atoms with Gasteiger partial charge in [-0.3, -0.25) is 0 Å². The van der Waals surface area contributed by atoms with Crippen molar-refractivity contribution in [2.24, 2.45) is 0 Å². The molecule has 3 nitrogen and oxygen atoms in total. The second-order valence-corrected chi connectivity index (χ2v) is 6.05. The molecule has 0 heterocycles. The molecule has 0 atom stereocenters. The van der Waals surface area contributed by atoms with Gasteiger partial charge in [0, 0.05) is 4.47 Å². The van der Waals surface area contributed by atoms with Crippen molar-refractivity contribution in [2.45, 2.75) is 52.2 Å². The maximum absolute atomic E-state index is 11.6. The Balaban J connectivity index is 2.37. The number of rotatable bonds is 6. The fourth-order valence-corrected chi connectivity index (χ4v) is 1.90. The molecule has 0 fully saturated rings. The average Bonchev–Trinajstić information content (AvgIpc) is 2.35. The maximum atomic E-state index is 11.6. The summed E-state index contributed by atoms with van der Waals surface area (Å²) >= 11 is 3.36. The summed E-state index contributed by atoms with van der Waals surface area (Å²) < 4.78 is 11.4. The van der Waals surface area contributed by atoms with Crippen LogP contribution in [0.25, 0.3) is 0 Å². The van der Waals surface area contributed by atoms with Crippen LogP contribution in [0.2, 0.25) is 0 Å². The number of hydrogen-bond acceptors (Lipinski definition) is 3. The van der Waals surface area contributed by atoms with Gasteiger partial charge in [-0.05, 0) is 44.4 Å². The lowest BCUT2D eigenvalue weighted by molar-refractivity contribution is -0.0244. The van der Waals surface area contributed by atoms with E-state index in [1.807, 2.05) is 38.1 Å². The number of unbranched alkanes of at least 4 members (excludes halogenated alkanes) is 1. The summed E-state index contributed by atoms with van der Waals surface area (Å²) in [5, 5.41) is 0. The van der Waals surface area contributed by atoms with Gasteiger partial charge in [0.2, 0.25) is 0 Å². The van der Waals surface area contributed by atoms with Crippen LogP contribution < -0.4 is 0 Å². The molecule has 106 valence electrons. The van der Waals surface area contributed by atoms with Crippen LogP contribution in [-0.4, -0.2) is 11.8 Å². The van der Waals surface area contributed by atoms with Gasteiger partial charge >= 0.3 is 6.16 Å². The van der Waals surface area contributed by atoms with Gasteiger partial charge in [0.05, 0.1) is 0 Å². The second-order valence-electron chi connectivity index (χ2n) is 5.13. The SMILES string of the molecule is CCCCC(C)(C)OC(=O)OCc1ccc(Br)cc1. The predicted octanol–water partition coefficient (Wildman–Crippen LogP) is 5.07. The first-order valence-corrected chi connectivity index (χ1v) is 7.32. The second kappa shape index (κ2) is 7.53. The number of carbonyl (C=O) groups excluding carboxylic acids is 1. The van der Waals surface area contributed by atoms with Crippen LogP contribution in [0, 0.1) is 0 Å². The minimum atomic E-state index is -0.607. The van der Waals surface area contributed by atoms with Gasteiger partial charge < -0.3 is 9.47 Å². The highest BCUT2D eigenvalue weighted by Crippen LogP contribution is 2.19. The van der Waals surface area contributed by atoms with Gasteiger partial charge in [-0.1, -0.05) is 41.4 Å². The van der Waals surface area contributed by atoms with Crippen molar-refractivity contribution in [2.75, 3.05) is 0 Å². The zero-order valence-electron chi connectivity index (χ0n) is 11.7. The largest absolute Gasteiger partial charge is 0.509 e. The van der Waals surface area contributed by atoms with Crippen molar-refractivity contribution in [3.63, 3.8) is 0 Å². The van der Waals surface area contributed by atoms with Crippen LogP contribution in [0.4, 0.5) is 4.79 Å². The van der Waals surface area contributed by atoms with E-state index in [2.05, 4.69) is 22.9 Å². The molecular formula is C15H21BrO3. The van der Waals surface area contributed by atoms with Crippen molar-refractivity contribution < 1.29 is 14.3 Å². The van der Waals surface area contributed by atoms with Crippen molar-refractivity contribution in [3.8, 4) is 0 Å². The highest BCUT2D eigenvalue weighted by molar-refractivity contribution is 9.10. The monoisotopic (exact) mass is 328 g/mol. The summed E-state index contributed by atoms with van der Waals surface area (Å²) in [6, 6.07) is 7.63. The highest BCUT2D eigenvalue weighted by atomic mass is 79.9. The fraction of sp³-hybridized carbons (Fsp3) is 0.533. The van der Waals surface area contributed by atoms with E-state index in [9.17, 15) is 4.79 Å². The van der Waals surface area contributed by atoms with Crippen molar-refractivity contribution in [3.05, 3.63) is 34.3 Å². The van der Waals surface area contributed by atoms with E-state index in [0.717, 1.165) is 29.3 Å². The Morgan fingerprint density at radius 3 is 2.47 bits per heavy atom. The summed E-state index contributed by atoms with van der Waals surface area (Å²) in [5.74, 6) is 0. The molecule has 0 N–H and O–H groups in total. The zero-order valence-corrected chi connectivity index (χ0v) is 13.3. The molecule has 0 aliphatic rings. The Morgan fingerprint density at radius 2 is 1.89 bits per heavy atom. The summed E-state index contributed by atoms with van der Waals surface area (Å²) in [7, 11) is 0. The molecule has 0 spiro atoms. The van der Waals surface area contributed by atoms with Crippen LogP contribution in [0.1, 0.15) is 45.6 Å². The first kappa shape index (κ1) is 16.0. The first-order valence-electron chi connectivity index (χ1n) is 6.53. The highest BCUT2D eigenvalue weighted by Gasteiger charge is 2.23. The van der Waals surface area contributed by atoms with Crippen LogP contribution in [0.3, 0.4) is 0 Å². The van der Waals surface area contributed by atoms with Crippen molar-refractivity contribution >= 4 is 22.1 Å². The Morgan fingerprint density at radius 1 is 1.26 bits per heavy atom. The van der Waals surface area contributed by atoms with Crippen LogP contribution in [-0.2, 0) is 16.1 Å². The Labute approximate surface area is 123 Å². The molecule has 0 aromatic heterocycles. The predicted molar refractivity (Wildman–Crippen MR) is 79.0 cm³/mol. The van der Waals surface area contributed by atoms with E-state index in [0.29, 0.717) is 0 Å². The van der Waals surface area contributed by atoms with Gasteiger partial charge in [0.15, 0.2) is 0 Å². The number of halogens is 1. The summed E-state index contributed by atoms with van der Waals surface area (Å²) in [6.45, 7) is 6.16. The molecule has 0 saturated carbocycles. The summed E-state index contributed by atoms with van der Waals surface area (Å²) in [4.78, 5) is 11.6. The smallest absolute Gasteiger partial charge is 0.429 e. The van der Waals surface area contributed by atoms with Crippen LogP contribution in [0.15, 0.2) is 28.7 Å². The summed E-state index contributed by atoms with van der Waals surface area (Å²) in [5.41, 5.74) is 0.471. The lowest BCUT2D eigenvalue weighted by atomic mass is 10.0. The lowest BCUT2D eigenvalue weighted by Gasteiger charge is -2.24. The molecule has 1 aromatic rings. The van der Waals surface area contributed by atoms with Crippen molar-refractivity contribution in [1.29, 1.82) is 0 Å². The third kappa shape index (κ3) is 6.62. The minimum Gasteiger partial charge on any atom is -0.429 e. The number of benzene rings is 1. The molecule has 0 bridgehead atoms. The standard InChI is InChI=1S/C15H21BrO3/c1-4-5-10-15(2,3)19-14(17)18-11-12-6-8-13(16)9-7-12/h6-9H,4-5,10-11H2,1-3H3. The third-order valence-corrected chi connectivity index (χ3v) is 3.29.